The molecule has 2 saturated heterocycles. The molecule has 2 aliphatic heterocycles. The van der Waals surface area contributed by atoms with E-state index in [0.717, 1.165) is 18.6 Å². The van der Waals surface area contributed by atoms with Crippen LogP contribution in [0.1, 0.15) is 31.2 Å². The molecule has 17 heavy (non-hydrogen) atoms. The summed E-state index contributed by atoms with van der Waals surface area (Å²) in [5.74, 6) is 0. The van der Waals surface area contributed by atoms with Gasteiger partial charge < -0.3 is 5.32 Å². The van der Waals surface area contributed by atoms with E-state index < -0.39 is 0 Å². The standard InChI is InChI=1S/C15H22N2/c1-2-5-13(6-3-1)11-17-10-9-14-7-4-8-15(12-17)16-14/h1-3,5-6,14-16H,4,7-12H2. The van der Waals surface area contributed by atoms with Gasteiger partial charge in [0.2, 0.25) is 0 Å². The second-order valence-corrected chi connectivity index (χ2v) is 5.50. The predicted molar refractivity (Wildman–Crippen MR) is 70.9 cm³/mol. The number of hydrogen-bond donors (Lipinski definition) is 1. The maximum atomic E-state index is 3.79. The molecule has 1 aromatic carbocycles. The highest BCUT2D eigenvalue weighted by atomic mass is 15.2. The molecule has 2 heteroatoms. The van der Waals surface area contributed by atoms with E-state index in [1.807, 2.05) is 0 Å². The molecular weight excluding hydrogens is 208 g/mol. The Balaban J connectivity index is 1.64. The van der Waals surface area contributed by atoms with Crippen LogP contribution in [0.3, 0.4) is 0 Å². The first kappa shape index (κ1) is 11.2. The van der Waals surface area contributed by atoms with E-state index in [-0.39, 0.29) is 0 Å². The zero-order chi connectivity index (χ0) is 11.5. The summed E-state index contributed by atoms with van der Waals surface area (Å²) in [6.45, 7) is 3.60. The lowest BCUT2D eigenvalue weighted by Gasteiger charge is -2.29. The van der Waals surface area contributed by atoms with Gasteiger partial charge in [0.05, 0.1) is 0 Å². The molecule has 0 aliphatic carbocycles. The van der Waals surface area contributed by atoms with Crippen molar-refractivity contribution in [2.45, 2.75) is 44.3 Å². The Morgan fingerprint density at radius 3 is 2.76 bits per heavy atom. The van der Waals surface area contributed by atoms with Crippen LogP contribution < -0.4 is 5.32 Å². The molecule has 2 fully saturated rings. The number of piperidine rings is 1. The Kier molecular flexibility index (Phi) is 3.44. The lowest BCUT2D eigenvalue weighted by atomic mass is 9.98. The molecular formula is C15H22N2. The first-order valence-electron chi connectivity index (χ1n) is 6.92. The number of nitrogens with one attached hydrogen (secondary N) is 1. The van der Waals surface area contributed by atoms with Gasteiger partial charge in [-0.2, -0.15) is 0 Å². The van der Waals surface area contributed by atoms with Gasteiger partial charge in [0, 0.05) is 31.7 Å². The highest BCUT2D eigenvalue weighted by molar-refractivity contribution is 5.14. The van der Waals surface area contributed by atoms with Crippen LogP contribution in [0.2, 0.25) is 0 Å². The van der Waals surface area contributed by atoms with Crippen molar-refractivity contribution in [1.82, 2.24) is 10.2 Å². The van der Waals surface area contributed by atoms with Crippen LogP contribution in [0.25, 0.3) is 0 Å². The van der Waals surface area contributed by atoms with Gasteiger partial charge in [-0.05, 0) is 24.8 Å². The third-order valence-corrected chi connectivity index (χ3v) is 4.10. The maximum absolute atomic E-state index is 3.79. The van der Waals surface area contributed by atoms with Crippen LogP contribution in [0, 0.1) is 0 Å². The predicted octanol–water partition coefficient (Wildman–Crippen LogP) is 2.40. The Morgan fingerprint density at radius 1 is 1.06 bits per heavy atom. The number of benzene rings is 1. The van der Waals surface area contributed by atoms with E-state index in [1.54, 1.807) is 0 Å². The molecule has 2 bridgehead atoms. The molecule has 0 spiro atoms. The van der Waals surface area contributed by atoms with Crippen molar-refractivity contribution in [2.75, 3.05) is 13.1 Å². The Hall–Kier alpha value is -0.860. The van der Waals surface area contributed by atoms with Gasteiger partial charge in [-0.15, -0.1) is 0 Å². The average Bonchev–Trinajstić information content (AvgIpc) is 2.50. The van der Waals surface area contributed by atoms with Crippen molar-refractivity contribution >= 4 is 0 Å². The molecule has 2 atom stereocenters. The minimum absolute atomic E-state index is 0.736. The summed E-state index contributed by atoms with van der Waals surface area (Å²) in [6.07, 6.45) is 5.49. The van der Waals surface area contributed by atoms with Gasteiger partial charge in [0.15, 0.2) is 0 Å². The fourth-order valence-electron chi connectivity index (χ4n) is 3.21. The molecule has 2 unspecified atom stereocenters. The van der Waals surface area contributed by atoms with E-state index in [9.17, 15) is 0 Å². The first-order chi connectivity index (χ1) is 8.40. The third-order valence-electron chi connectivity index (χ3n) is 4.10. The summed E-state index contributed by atoms with van der Waals surface area (Å²) in [6, 6.07) is 12.4. The third kappa shape index (κ3) is 2.88. The molecule has 3 rings (SSSR count). The molecule has 0 saturated carbocycles. The van der Waals surface area contributed by atoms with E-state index >= 15 is 0 Å². The van der Waals surface area contributed by atoms with Gasteiger partial charge in [-0.1, -0.05) is 36.8 Å². The van der Waals surface area contributed by atoms with Gasteiger partial charge in [-0.25, -0.2) is 0 Å². The monoisotopic (exact) mass is 230 g/mol. The fourth-order valence-corrected chi connectivity index (χ4v) is 3.21. The Bertz CT molecular complexity index is 349. The van der Waals surface area contributed by atoms with Crippen LogP contribution in [-0.2, 0) is 6.54 Å². The summed E-state index contributed by atoms with van der Waals surface area (Å²) < 4.78 is 0. The maximum Gasteiger partial charge on any atom is 0.0234 e. The smallest absolute Gasteiger partial charge is 0.0234 e. The van der Waals surface area contributed by atoms with Gasteiger partial charge in [0.25, 0.3) is 0 Å². The van der Waals surface area contributed by atoms with E-state index in [2.05, 4.69) is 40.5 Å². The van der Waals surface area contributed by atoms with Crippen LogP contribution in [0.15, 0.2) is 30.3 Å². The molecule has 0 aromatic heterocycles. The molecule has 1 N–H and O–H groups in total. The second kappa shape index (κ2) is 5.19. The summed E-state index contributed by atoms with van der Waals surface area (Å²) in [7, 11) is 0. The van der Waals surface area contributed by atoms with Crippen molar-refractivity contribution in [3.8, 4) is 0 Å². The lowest BCUT2D eigenvalue weighted by Crippen LogP contribution is -2.44. The zero-order valence-electron chi connectivity index (χ0n) is 10.4. The van der Waals surface area contributed by atoms with Crippen molar-refractivity contribution in [3.63, 3.8) is 0 Å². The zero-order valence-corrected chi connectivity index (χ0v) is 10.4. The number of nitrogens with zero attached hydrogens (tertiary/aromatic N) is 1. The summed E-state index contributed by atoms with van der Waals surface area (Å²) in [5.41, 5.74) is 1.45. The minimum Gasteiger partial charge on any atom is -0.310 e. The molecule has 1 aromatic rings. The number of rotatable bonds is 2. The first-order valence-corrected chi connectivity index (χ1v) is 6.92. The molecule has 2 nitrogen and oxygen atoms in total. The molecule has 0 radical (unpaired) electrons. The van der Waals surface area contributed by atoms with Crippen molar-refractivity contribution in [1.29, 1.82) is 0 Å². The van der Waals surface area contributed by atoms with Gasteiger partial charge in [0.1, 0.15) is 0 Å². The highest BCUT2D eigenvalue weighted by Crippen LogP contribution is 2.20. The number of fused-ring (bicyclic) bond motifs is 2. The Morgan fingerprint density at radius 2 is 1.88 bits per heavy atom. The van der Waals surface area contributed by atoms with Crippen LogP contribution in [-0.4, -0.2) is 30.1 Å². The van der Waals surface area contributed by atoms with Crippen molar-refractivity contribution < 1.29 is 0 Å². The van der Waals surface area contributed by atoms with E-state index in [4.69, 9.17) is 0 Å². The van der Waals surface area contributed by atoms with Crippen LogP contribution >= 0.6 is 0 Å². The second-order valence-electron chi connectivity index (χ2n) is 5.50. The average molecular weight is 230 g/mol. The fraction of sp³-hybridized carbons (Fsp3) is 0.600. The SMILES string of the molecule is c1ccc(CN2CCC3CCCC(C2)N3)cc1. The largest absolute Gasteiger partial charge is 0.310 e. The molecule has 2 heterocycles. The Labute approximate surface area is 104 Å². The van der Waals surface area contributed by atoms with E-state index in [1.165, 1.54) is 44.3 Å². The van der Waals surface area contributed by atoms with Crippen molar-refractivity contribution in [3.05, 3.63) is 35.9 Å². The van der Waals surface area contributed by atoms with Gasteiger partial charge >= 0.3 is 0 Å². The minimum atomic E-state index is 0.736. The summed E-state index contributed by atoms with van der Waals surface area (Å²) in [4.78, 5) is 2.62. The van der Waals surface area contributed by atoms with Crippen molar-refractivity contribution in [2.24, 2.45) is 0 Å². The molecule has 2 aliphatic rings. The van der Waals surface area contributed by atoms with Crippen LogP contribution in [0.4, 0.5) is 0 Å². The van der Waals surface area contributed by atoms with E-state index in [0.29, 0.717) is 0 Å². The summed E-state index contributed by atoms with van der Waals surface area (Å²) in [5, 5.41) is 3.79. The molecule has 0 amide bonds. The molecule has 92 valence electrons. The number of hydrogen-bond acceptors (Lipinski definition) is 2. The lowest BCUT2D eigenvalue weighted by molar-refractivity contribution is 0.251. The quantitative estimate of drug-likeness (QED) is 0.839. The summed E-state index contributed by atoms with van der Waals surface area (Å²) >= 11 is 0. The van der Waals surface area contributed by atoms with Crippen LogP contribution in [0.5, 0.6) is 0 Å². The topological polar surface area (TPSA) is 15.3 Å². The highest BCUT2D eigenvalue weighted by Gasteiger charge is 2.26. The van der Waals surface area contributed by atoms with Gasteiger partial charge in [-0.3, -0.25) is 4.90 Å². The normalized spacial score (nSPS) is 29.9.